The van der Waals surface area contributed by atoms with E-state index in [1.165, 1.54) is 16.8 Å². The number of thioether (sulfide) groups is 1. The van der Waals surface area contributed by atoms with Crippen LogP contribution in [0.1, 0.15) is 19.8 Å². The number of nitrogens with one attached hydrogen (secondary N) is 1. The Kier molecular flexibility index (Phi) is 6.62. The van der Waals surface area contributed by atoms with Gasteiger partial charge in [0.2, 0.25) is 11.1 Å². The first-order valence-electron chi connectivity index (χ1n) is 7.43. The molecule has 1 N–H and O–H groups in total. The molecule has 0 fully saturated rings. The number of carbonyl (C=O) groups is 1. The average Bonchev–Trinajstić information content (AvgIpc) is 3.01. The maximum atomic E-state index is 12.2. The van der Waals surface area contributed by atoms with Crippen LogP contribution in [0.3, 0.4) is 0 Å². The van der Waals surface area contributed by atoms with E-state index in [1.54, 1.807) is 0 Å². The molecule has 0 saturated carbocycles. The molecule has 2 rings (SSSR count). The Labute approximate surface area is 145 Å². The molecule has 1 amide bonds. The van der Waals surface area contributed by atoms with Crippen molar-refractivity contribution in [2.24, 2.45) is 0 Å². The third kappa shape index (κ3) is 6.25. The summed E-state index contributed by atoms with van der Waals surface area (Å²) in [7, 11) is 0. The van der Waals surface area contributed by atoms with Crippen molar-refractivity contribution in [2.75, 3.05) is 12.3 Å². The van der Waals surface area contributed by atoms with Gasteiger partial charge in [-0.3, -0.25) is 4.79 Å². The highest BCUT2D eigenvalue weighted by Gasteiger charge is 2.31. The molecule has 11 heteroatoms. The van der Waals surface area contributed by atoms with E-state index in [0.717, 1.165) is 36.7 Å². The summed E-state index contributed by atoms with van der Waals surface area (Å²) < 4.78 is 41.6. The number of aromatic nitrogens is 4. The van der Waals surface area contributed by atoms with Crippen LogP contribution in [-0.2, 0) is 4.79 Å². The first-order chi connectivity index (χ1) is 11.9. The van der Waals surface area contributed by atoms with Crippen LogP contribution in [0.4, 0.5) is 13.2 Å². The zero-order chi connectivity index (χ0) is 18.3. The molecule has 1 heterocycles. The van der Waals surface area contributed by atoms with Gasteiger partial charge in [0.05, 0.1) is 11.4 Å². The van der Waals surface area contributed by atoms with Gasteiger partial charge in [-0.2, -0.15) is 4.68 Å². The Balaban J connectivity index is 1.97. The first kappa shape index (κ1) is 19.0. The van der Waals surface area contributed by atoms with Crippen LogP contribution in [-0.4, -0.2) is 44.8 Å². The van der Waals surface area contributed by atoms with E-state index in [0.29, 0.717) is 17.4 Å². The quantitative estimate of drug-likeness (QED) is 0.564. The summed E-state index contributed by atoms with van der Waals surface area (Å²) in [6, 6.07) is 5.11. The van der Waals surface area contributed by atoms with Crippen LogP contribution < -0.4 is 10.1 Å². The Bertz CT molecular complexity index is 691. The molecular formula is C14H16F3N5O2S. The highest BCUT2D eigenvalue weighted by atomic mass is 32.2. The van der Waals surface area contributed by atoms with Gasteiger partial charge in [-0.1, -0.05) is 25.1 Å². The number of tetrazole rings is 1. The summed E-state index contributed by atoms with van der Waals surface area (Å²) in [6.07, 6.45) is -2.86. The topological polar surface area (TPSA) is 81.9 Å². The van der Waals surface area contributed by atoms with E-state index in [1.807, 2.05) is 6.92 Å². The van der Waals surface area contributed by atoms with Crippen molar-refractivity contribution >= 4 is 17.7 Å². The van der Waals surface area contributed by atoms with Crippen LogP contribution in [0.2, 0.25) is 0 Å². The molecule has 0 bridgehead atoms. The predicted octanol–water partition coefficient (Wildman–Crippen LogP) is 2.57. The fourth-order valence-corrected chi connectivity index (χ4v) is 2.53. The van der Waals surface area contributed by atoms with Gasteiger partial charge in [-0.05, 0) is 41.1 Å². The van der Waals surface area contributed by atoms with E-state index in [9.17, 15) is 18.0 Å². The minimum Gasteiger partial charge on any atom is -0.406 e. The van der Waals surface area contributed by atoms with E-state index < -0.39 is 6.36 Å². The number of unbranched alkanes of at least 4 members (excludes halogenated alkanes) is 1. The van der Waals surface area contributed by atoms with Gasteiger partial charge < -0.3 is 10.1 Å². The molecular weight excluding hydrogens is 359 g/mol. The van der Waals surface area contributed by atoms with Crippen molar-refractivity contribution in [1.29, 1.82) is 0 Å². The van der Waals surface area contributed by atoms with Gasteiger partial charge in [0.1, 0.15) is 5.75 Å². The molecule has 0 atom stereocenters. The van der Waals surface area contributed by atoms with Gasteiger partial charge in [-0.15, -0.1) is 18.3 Å². The molecule has 0 aliphatic rings. The number of carbonyl (C=O) groups excluding carboxylic acids is 1. The van der Waals surface area contributed by atoms with Crippen molar-refractivity contribution in [3.63, 3.8) is 0 Å². The maximum Gasteiger partial charge on any atom is 0.573 e. The number of amides is 1. The van der Waals surface area contributed by atoms with Gasteiger partial charge in [0.25, 0.3) is 0 Å². The molecule has 0 aliphatic heterocycles. The van der Waals surface area contributed by atoms with E-state index >= 15 is 0 Å². The third-order valence-electron chi connectivity index (χ3n) is 2.94. The molecule has 0 spiro atoms. The third-order valence-corrected chi connectivity index (χ3v) is 3.86. The van der Waals surface area contributed by atoms with Gasteiger partial charge in [0.15, 0.2) is 0 Å². The molecule has 1 aromatic heterocycles. The Hall–Kier alpha value is -2.30. The molecule has 0 radical (unpaired) electrons. The number of alkyl halides is 3. The Morgan fingerprint density at radius 1 is 1.32 bits per heavy atom. The van der Waals surface area contributed by atoms with Crippen LogP contribution in [0.5, 0.6) is 5.75 Å². The molecule has 0 aliphatic carbocycles. The second-order valence-electron chi connectivity index (χ2n) is 4.91. The normalized spacial score (nSPS) is 11.4. The standard InChI is InChI=1S/C14H16F3N5O2S/c1-2-3-8-18-12(23)9-25-13-19-20-21-22(13)10-4-6-11(7-5-10)24-14(15,16)17/h4-7H,2-3,8-9H2,1H3,(H,18,23). The second kappa shape index (κ2) is 8.70. The summed E-state index contributed by atoms with van der Waals surface area (Å²) in [6.45, 7) is 2.64. The molecule has 25 heavy (non-hydrogen) atoms. The lowest BCUT2D eigenvalue weighted by atomic mass is 10.3. The first-order valence-corrected chi connectivity index (χ1v) is 8.41. The number of ether oxygens (including phenoxy) is 1. The number of nitrogens with zero attached hydrogens (tertiary/aromatic N) is 4. The van der Waals surface area contributed by atoms with Crippen LogP contribution in [0.25, 0.3) is 5.69 Å². The van der Waals surface area contributed by atoms with Crippen molar-refractivity contribution in [3.05, 3.63) is 24.3 Å². The zero-order valence-corrected chi connectivity index (χ0v) is 14.1. The fraction of sp³-hybridized carbons (Fsp3) is 0.429. The number of hydrogen-bond acceptors (Lipinski definition) is 6. The molecule has 0 saturated heterocycles. The predicted molar refractivity (Wildman–Crippen MR) is 84.5 cm³/mol. The van der Waals surface area contributed by atoms with Crippen LogP contribution in [0, 0.1) is 0 Å². The van der Waals surface area contributed by atoms with Crippen LogP contribution in [0.15, 0.2) is 29.4 Å². The van der Waals surface area contributed by atoms with E-state index in [-0.39, 0.29) is 17.4 Å². The summed E-state index contributed by atoms with van der Waals surface area (Å²) in [4.78, 5) is 11.7. The highest BCUT2D eigenvalue weighted by Crippen LogP contribution is 2.24. The van der Waals surface area contributed by atoms with Gasteiger partial charge >= 0.3 is 6.36 Å². The zero-order valence-electron chi connectivity index (χ0n) is 13.3. The van der Waals surface area contributed by atoms with E-state index in [2.05, 4.69) is 25.6 Å². The molecule has 1 aromatic carbocycles. The van der Waals surface area contributed by atoms with Crippen molar-refractivity contribution < 1.29 is 22.7 Å². The number of rotatable bonds is 8. The fourth-order valence-electron chi connectivity index (χ4n) is 1.81. The average molecular weight is 375 g/mol. The maximum absolute atomic E-state index is 12.2. The van der Waals surface area contributed by atoms with Crippen molar-refractivity contribution in [2.45, 2.75) is 31.3 Å². The number of benzene rings is 1. The van der Waals surface area contributed by atoms with Gasteiger partial charge in [-0.25, -0.2) is 0 Å². The highest BCUT2D eigenvalue weighted by molar-refractivity contribution is 7.99. The molecule has 0 unspecified atom stereocenters. The van der Waals surface area contributed by atoms with Crippen molar-refractivity contribution in [1.82, 2.24) is 25.5 Å². The summed E-state index contributed by atoms with van der Waals surface area (Å²) in [5, 5.41) is 14.3. The van der Waals surface area contributed by atoms with Crippen molar-refractivity contribution in [3.8, 4) is 11.4 Å². The number of hydrogen-bond donors (Lipinski definition) is 1. The smallest absolute Gasteiger partial charge is 0.406 e. The Morgan fingerprint density at radius 2 is 2.04 bits per heavy atom. The summed E-state index contributed by atoms with van der Waals surface area (Å²) >= 11 is 1.13. The SMILES string of the molecule is CCCCNC(=O)CSc1nnnn1-c1ccc(OC(F)(F)F)cc1. The van der Waals surface area contributed by atoms with Gasteiger partial charge in [0, 0.05) is 6.54 Å². The van der Waals surface area contributed by atoms with Crippen LogP contribution >= 0.6 is 11.8 Å². The monoisotopic (exact) mass is 375 g/mol. The largest absolute Gasteiger partial charge is 0.573 e. The molecule has 136 valence electrons. The lowest BCUT2D eigenvalue weighted by Gasteiger charge is -2.09. The molecule has 2 aromatic rings. The summed E-state index contributed by atoms with van der Waals surface area (Å²) in [5.74, 6) is -0.338. The Morgan fingerprint density at radius 3 is 2.68 bits per heavy atom. The summed E-state index contributed by atoms with van der Waals surface area (Å²) in [5.41, 5.74) is 0.452. The minimum absolute atomic E-state index is 0.137. The minimum atomic E-state index is -4.75. The lowest BCUT2D eigenvalue weighted by molar-refractivity contribution is -0.274. The second-order valence-corrected chi connectivity index (χ2v) is 5.85. The lowest BCUT2D eigenvalue weighted by Crippen LogP contribution is -2.26. The number of halogens is 3. The van der Waals surface area contributed by atoms with E-state index in [4.69, 9.17) is 0 Å². The molecule has 7 nitrogen and oxygen atoms in total.